The quantitative estimate of drug-likeness (QED) is 0.569. The Bertz CT molecular complexity index is 529. The Morgan fingerprint density at radius 1 is 1.27 bits per heavy atom. The van der Waals surface area contributed by atoms with Crippen LogP contribution >= 0.6 is 0 Å². The fraction of sp³-hybridized carbons (Fsp3) is 0.850. The second kappa shape index (κ2) is 8.03. The molecule has 26 heavy (non-hydrogen) atoms. The average molecular weight is 386 g/mol. The maximum atomic E-state index is 12.8. The van der Waals surface area contributed by atoms with Gasteiger partial charge in [-0.3, -0.25) is 4.90 Å². The number of aliphatic hydroxyl groups is 1. The van der Waals surface area contributed by atoms with Gasteiger partial charge in [0.25, 0.3) is 0 Å². The number of amides is 1. The molecule has 0 bridgehead atoms. The smallest absolute Gasteiger partial charge is 0.410 e. The van der Waals surface area contributed by atoms with Gasteiger partial charge < -0.3 is 14.3 Å². The van der Waals surface area contributed by atoms with Gasteiger partial charge in [0.2, 0.25) is 0 Å². The SMILES string of the molecule is CC(C)C1=C[C@H](O)CN(C(=O)OC(C)(C)C)[C@@H]1CO[Si](C)(C)C(C)(C)C. The van der Waals surface area contributed by atoms with Crippen LogP contribution in [0.25, 0.3) is 0 Å². The first-order valence-electron chi connectivity index (χ1n) is 9.58. The van der Waals surface area contributed by atoms with Gasteiger partial charge in [-0.2, -0.15) is 0 Å². The minimum Gasteiger partial charge on any atom is -0.444 e. The first-order valence-corrected chi connectivity index (χ1v) is 12.5. The number of hydrogen-bond acceptors (Lipinski definition) is 4. The van der Waals surface area contributed by atoms with Crippen LogP contribution in [0.2, 0.25) is 18.1 Å². The van der Waals surface area contributed by atoms with Gasteiger partial charge in [-0.05, 0) is 50.4 Å². The lowest BCUT2D eigenvalue weighted by Gasteiger charge is -2.43. The fourth-order valence-corrected chi connectivity index (χ4v) is 3.69. The molecule has 152 valence electrons. The molecular weight excluding hydrogens is 346 g/mol. The third kappa shape index (κ3) is 6.10. The van der Waals surface area contributed by atoms with E-state index in [2.05, 4.69) is 47.7 Å². The summed E-state index contributed by atoms with van der Waals surface area (Å²) in [6.07, 6.45) is 0.807. The zero-order chi connectivity index (χ0) is 20.5. The number of nitrogens with zero attached hydrogens (tertiary/aromatic N) is 1. The van der Waals surface area contributed by atoms with Crippen molar-refractivity contribution >= 4 is 14.4 Å². The van der Waals surface area contributed by atoms with Gasteiger partial charge in [-0.15, -0.1) is 0 Å². The Hall–Kier alpha value is -0.853. The van der Waals surface area contributed by atoms with Crippen LogP contribution < -0.4 is 0 Å². The number of β-amino-alcohol motifs (C(OH)–C–C–N with tert-alkyl or cyclic N) is 1. The second-order valence-corrected chi connectivity index (χ2v) is 14.9. The second-order valence-electron chi connectivity index (χ2n) is 10.1. The molecule has 6 heteroatoms. The predicted molar refractivity (Wildman–Crippen MR) is 109 cm³/mol. The molecule has 1 amide bonds. The first kappa shape index (κ1) is 23.2. The molecule has 1 aliphatic heterocycles. The molecule has 0 unspecified atom stereocenters. The number of hydrogen-bond donors (Lipinski definition) is 1. The fourth-order valence-electron chi connectivity index (χ4n) is 2.68. The lowest BCUT2D eigenvalue weighted by molar-refractivity contribution is 0.00106. The molecule has 0 aromatic heterocycles. The molecule has 1 N–H and O–H groups in total. The minimum absolute atomic E-state index is 0.0969. The highest BCUT2D eigenvalue weighted by molar-refractivity contribution is 6.74. The summed E-state index contributed by atoms with van der Waals surface area (Å²) in [7, 11) is -1.95. The van der Waals surface area contributed by atoms with Crippen LogP contribution in [0.15, 0.2) is 11.6 Å². The lowest BCUT2D eigenvalue weighted by atomic mass is 9.90. The van der Waals surface area contributed by atoms with Gasteiger partial charge in [0.1, 0.15) is 5.60 Å². The van der Waals surface area contributed by atoms with E-state index in [4.69, 9.17) is 9.16 Å². The van der Waals surface area contributed by atoms with E-state index in [9.17, 15) is 9.90 Å². The zero-order valence-corrected chi connectivity index (χ0v) is 19.3. The average Bonchev–Trinajstić information content (AvgIpc) is 2.41. The summed E-state index contributed by atoms with van der Waals surface area (Å²) in [6.45, 7) is 21.4. The highest BCUT2D eigenvalue weighted by atomic mass is 28.4. The number of ether oxygens (including phenoxy) is 1. The van der Waals surface area contributed by atoms with Crippen LogP contribution in [0.5, 0.6) is 0 Å². The molecule has 0 saturated heterocycles. The standard InChI is InChI=1S/C20H39NO4Si/c1-14(2)16-11-15(22)12-21(18(23)25-19(3,4)5)17(16)13-24-26(9,10)20(6,7)8/h11,14-15,17,22H,12-13H2,1-10H3/t15-,17+/m0/s1. The summed E-state index contributed by atoms with van der Waals surface area (Å²) in [4.78, 5) is 14.4. The summed E-state index contributed by atoms with van der Waals surface area (Å²) in [6, 6.07) is -0.206. The van der Waals surface area contributed by atoms with Crippen molar-refractivity contribution in [2.45, 2.75) is 91.3 Å². The van der Waals surface area contributed by atoms with Crippen molar-refractivity contribution in [1.29, 1.82) is 0 Å². The van der Waals surface area contributed by atoms with Gasteiger partial charge in [0, 0.05) is 0 Å². The van der Waals surface area contributed by atoms with Crippen molar-refractivity contribution in [3.63, 3.8) is 0 Å². The van der Waals surface area contributed by atoms with E-state index < -0.39 is 26.1 Å². The highest BCUT2D eigenvalue weighted by Crippen LogP contribution is 2.37. The first-order chi connectivity index (χ1) is 11.5. The molecule has 0 spiro atoms. The molecule has 0 aromatic rings. The third-order valence-corrected chi connectivity index (χ3v) is 9.73. The maximum absolute atomic E-state index is 12.8. The monoisotopic (exact) mass is 385 g/mol. The molecule has 2 atom stereocenters. The van der Waals surface area contributed by atoms with E-state index in [-0.39, 0.29) is 23.5 Å². The molecule has 0 saturated carbocycles. The summed E-state index contributed by atoms with van der Waals surface area (Å²) in [5.41, 5.74) is 0.458. The molecular formula is C20H39NO4Si. The molecule has 0 fully saturated rings. The number of aliphatic hydroxyl groups excluding tert-OH is 1. The molecule has 5 nitrogen and oxygen atoms in total. The highest BCUT2D eigenvalue weighted by Gasteiger charge is 2.41. The van der Waals surface area contributed by atoms with Gasteiger partial charge in [0.15, 0.2) is 8.32 Å². The maximum Gasteiger partial charge on any atom is 0.410 e. The number of rotatable bonds is 4. The molecule has 1 heterocycles. The molecule has 0 aliphatic carbocycles. The van der Waals surface area contributed by atoms with Gasteiger partial charge in [0.05, 0.1) is 25.3 Å². The Morgan fingerprint density at radius 2 is 1.81 bits per heavy atom. The Morgan fingerprint density at radius 3 is 2.23 bits per heavy atom. The topological polar surface area (TPSA) is 59.0 Å². The van der Waals surface area contributed by atoms with Crippen molar-refractivity contribution in [2.24, 2.45) is 5.92 Å². The summed E-state index contributed by atoms with van der Waals surface area (Å²) in [5.74, 6) is 0.211. The summed E-state index contributed by atoms with van der Waals surface area (Å²) in [5, 5.41) is 10.4. The van der Waals surface area contributed by atoms with Crippen LogP contribution in [-0.4, -0.2) is 55.3 Å². The van der Waals surface area contributed by atoms with E-state index >= 15 is 0 Å². The van der Waals surface area contributed by atoms with Crippen molar-refractivity contribution < 1.29 is 19.1 Å². The van der Waals surface area contributed by atoms with E-state index in [1.54, 1.807) is 4.90 Å². The van der Waals surface area contributed by atoms with E-state index in [1.165, 1.54) is 0 Å². The molecule has 1 aliphatic rings. The lowest BCUT2D eigenvalue weighted by Crippen LogP contribution is -2.54. The summed E-state index contributed by atoms with van der Waals surface area (Å²) < 4.78 is 12.0. The zero-order valence-electron chi connectivity index (χ0n) is 18.3. The van der Waals surface area contributed by atoms with Crippen molar-refractivity contribution in [3.8, 4) is 0 Å². The van der Waals surface area contributed by atoms with Crippen LogP contribution in [-0.2, 0) is 9.16 Å². The number of carbonyl (C=O) groups excluding carboxylic acids is 1. The van der Waals surface area contributed by atoms with Crippen LogP contribution in [0.3, 0.4) is 0 Å². The normalized spacial score (nSPS) is 22.5. The summed E-state index contributed by atoms with van der Waals surface area (Å²) >= 11 is 0. The van der Waals surface area contributed by atoms with Crippen LogP contribution in [0, 0.1) is 5.92 Å². The van der Waals surface area contributed by atoms with E-state index in [0.29, 0.717) is 6.61 Å². The minimum atomic E-state index is -1.95. The Labute approximate surface area is 160 Å². The van der Waals surface area contributed by atoms with E-state index in [0.717, 1.165) is 5.57 Å². The number of carbonyl (C=O) groups is 1. The third-order valence-electron chi connectivity index (χ3n) is 5.23. The van der Waals surface area contributed by atoms with Crippen molar-refractivity contribution in [2.75, 3.05) is 13.2 Å². The van der Waals surface area contributed by atoms with Gasteiger partial charge in [-0.1, -0.05) is 40.7 Å². The van der Waals surface area contributed by atoms with Gasteiger partial charge in [-0.25, -0.2) is 4.79 Å². The largest absolute Gasteiger partial charge is 0.444 e. The predicted octanol–water partition coefficient (Wildman–Crippen LogP) is 4.57. The van der Waals surface area contributed by atoms with E-state index in [1.807, 2.05) is 26.8 Å². The Kier molecular flexibility index (Phi) is 7.16. The Balaban J connectivity index is 3.11. The van der Waals surface area contributed by atoms with Crippen molar-refractivity contribution in [3.05, 3.63) is 11.6 Å². The van der Waals surface area contributed by atoms with Crippen molar-refractivity contribution in [1.82, 2.24) is 4.90 Å². The van der Waals surface area contributed by atoms with Crippen LogP contribution in [0.4, 0.5) is 4.79 Å². The van der Waals surface area contributed by atoms with Gasteiger partial charge >= 0.3 is 6.09 Å². The molecule has 0 aromatic carbocycles. The molecule has 1 rings (SSSR count). The molecule has 0 radical (unpaired) electrons. The van der Waals surface area contributed by atoms with Crippen LogP contribution in [0.1, 0.15) is 55.4 Å².